The molecular formula is C40H41ClN8O6. The molecule has 4 aromatic rings. The van der Waals surface area contributed by atoms with Gasteiger partial charge in [-0.2, -0.15) is 0 Å². The van der Waals surface area contributed by atoms with Crippen molar-refractivity contribution in [2.45, 2.75) is 45.1 Å². The number of anilines is 2. The predicted octanol–water partition coefficient (Wildman–Crippen LogP) is 3.53. The number of imide groups is 2. The number of H-pyrrole nitrogens is 1. The van der Waals surface area contributed by atoms with E-state index in [1.54, 1.807) is 29.3 Å². The third-order valence-electron chi connectivity index (χ3n) is 11.3. The van der Waals surface area contributed by atoms with Gasteiger partial charge in [0, 0.05) is 86.3 Å². The molecule has 0 radical (unpaired) electrons. The fourth-order valence-corrected chi connectivity index (χ4v) is 8.53. The number of halogens is 1. The summed E-state index contributed by atoms with van der Waals surface area (Å²) in [7, 11) is 0. The van der Waals surface area contributed by atoms with Crippen molar-refractivity contribution >= 4 is 69.5 Å². The van der Waals surface area contributed by atoms with E-state index in [9.17, 15) is 28.8 Å². The molecule has 2 aromatic carbocycles. The number of pyridine rings is 1. The van der Waals surface area contributed by atoms with Gasteiger partial charge < -0.3 is 20.1 Å². The van der Waals surface area contributed by atoms with Crippen molar-refractivity contribution in [3.8, 4) is 11.1 Å². The summed E-state index contributed by atoms with van der Waals surface area (Å²) in [5.41, 5.74) is 5.61. The van der Waals surface area contributed by atoms with Crippen LogP contribution in [0.4, 0.5) is 11.4 Å². The minimum absolute atomic E-state index is 0.0121. The number of hydrogen-bond donors (Lipinski definition) is 3. The van der Waals surface area contributed by atoms with Crippen molar-refractivity contribution < 1.29 is 28.8 Å². The van der Waals surface area contributed by atoms with Crippen molar-refractivity contribution in [1.82, 2.24) is 30.4 Å². The average molecular weight is 765 g/mol. The maximum absolute atomic E-state index is 13.3. The molecule has 6 amide bonds. The van der Waals surface area contributed by atoms with Gasteiger partial charge in [-0.1, -0.05) is 30.7 Å². The van der Waals surface area contributed by atoms with Crippen LogP contribution < -0.4 is 20.4 Å². The Balaban J connectivity index is 0.808. The number of amides is 6. The molecule has 0 aliphatic carbocycles. The molecule has 1 unspecified atom stereocenters. The highest BCUT2D eigenvalue weighted by molar-refractivity contribution is 6.38. The Morgan fingerprint density at radius 1 is 0.927 bits per heavy atom. The second-order valence-corrected chi connectivity index (χ2v) is 14.9. The molecule has 0 spiro atoms. The summed E-state index contributed by atoms with van der Waals surface area (Å²) >= 11 is 6.88. The Kier molecular flexibility index (Phi) is 9.86. The van der Waals surface area contributed by atoms with Gasteiger partial charge in [0.2, 0.25) is 23.6 Å². The number of hydrogen-bond acceptors (Lipinski definition) is 9. The average Bonchev–Trinajstić information content (AvgIpc) is 3.73. The first-order valence-electron chi connectivity index (χ1n) is 18.8. The van der Waals surface area contributed by atoms with Crippen molar-refractivity contribution in [2.75, 3.05) is 55.6 Å². The van der Waals surface area contributed by atoms with Crippen LogP contribution in [0, 0.1) is 5.92 Å². The number of aromatic nitrogens is 2. The molecule has 0 saturated carbocycles. The summed E-state index contributed by atoms with van der Waals surface area (Å²) in [4.78, 5) is 91.5. The number of aromatic amines is 1. The lowest BCUT2D eigenvalue weighted by Gasteiger charge is -2.35. The minimum Gasteiger partial charge on any atom is -0.371 e. The van der Waals surface area contributed by atoms with Crippen LogP contribution in [0.1, 0.15) is 58.9 Å². The first-order chi connectivity index (χ1) is 26.6. The highest BCUT2D eigenvalue weighted by Gasteiger charge is 2.45. The number of benzene rings is 2. The molecule has 4 aliphatic rings. The van der Waals surface area contributed by atoms with Crippen LogP contribution in [0.2, 0.25) is 5.02 Å². The molecule has 14 nitrogen and oxygen atoms in total. The van der Waals surface area contributed by atoms with Gasteiger partial charge >= 0.3 is 0 Å². The lowest BCUT2D eigenvalue weighted by atomic mass is 9.95. The highest BCUT2D eigenvalue weighted by Crippen LogP contribution is 2.37. The molecule has 4 aliphatic heterocycles. The quantitative estimate of drug-likeness (QED) is 0.216. The Hall–Kier alpha value is -5.60. The zero-order chi connectivity index (χ0) is 38.4. The fourth-order valence-electron chi connectivity index (χ4n) is 8.16. The number of piperazine rings is 1. The van der Waals surface area contributed by atoms with Crippen LogP contribution in [0.5, 0.6) is 0 Å². The van der Waals surface area contributed by atoms with Gasteiger partial charge in [0.25, 0.3) is 11.8 Å². The highest BCUT2D eigenvalue weighted by atomic mass is 35.5. The minimum atomic E-state index is -1.01. The van der Waals surface area contributed by atoms with Crippen molar-refractivity contribution in [3.63, 3.8) is 0 Å². The zero-order valence-electron chi connectivity index (χ0n) is 30.4. The molecule has 2 aromatic heterocycles. The summed E-state index contributed by atoms with van der Waals surface area (Å²) < 4.78 is 0. The molecule has 8 rings (SSSR count). The van der Waals surface area contributed by atoms with E-state index in [4.69, 9.17) is 11.6 Å². The van der Waals surface area contributed by atoms with Gasteiger partial charge in [0.05, 0.1) is 22.7 Å². The molecule has 1 atom stereocenters. The van der Waals surface area contributed by atoms with Crippen LogP contribution in [-0.4, -0.2) is 107 Å². The molecule has 55 heavy (non-hydrogen) atoms. The largest absolute Gasteiger partial charge is 0.371 e. The SMILES string of the molecule is CCc1c[nH]c2ncc(-c3cccc(N4CCN(CCNC(=O)C5CCN(c6ccc7c(c6)C(=O)N(C6CCC(=O)NC6=O)C7=O)CC5)CC4=O)c3)c(Cl)c12. The van der Waals surface area contributed by atoms with E-state index >= 15 is 0 Å². The molecule has 15 heteroatoms. The monoisotopic (exact) mass is 764 g/mol. The number of rotatable bonds is 9. The number of fused-ring (bicyclic) bond motifs is 2. The smallest absolute Gasteiger partial charge is 0.262 e. The number of carbonyl (C=O) groups is 6. The maximum atomic E-state index is 13.3. The Morgan fingerprint density at radius 2 is 1.73 bits per heavy atom. The van der Waals surface area contributed by atoms with Crippen molar-refractivity contribution in [1.29, 1.82) is 0 Å². The number of piperidine rings is 2. The van der Waals surface area contributed by atoms with E-state index in [0.29, 0.717) is 57.1 Å². The molecule has 6 heterocycles. The summed E-state index contributed by atoms with van der Waals surface area (Å²) in [5.74, 6) is -2.34. The lowest BCUT2D eigenvalue weighted by molar-refractivity contribution is -0.136. The first-order valence-corrected chi connectivity index (χ1v) is 19.1. The molecule has 3 saturated heterocycles. The lowest BCUT2D eigenvalue weighted by Crippen LogP contribution is -2.54. The second-order valence-electron chi connectivity index (χ2n) is 14.5. The van der Waals surface area contributed by atoms with E-state index < -0.39 is 29.7 Å². The second kappa shape index (κ2) is 14.9. The number of nitrogens with one attached hydrogen (secondary N) is 3. The normalized spacial score (nSPS) is 19.7. The van der Waals surface area contributed by atoms with Gasteiger partial charge in [0.15, 0.2) is 0 Å². The molecule has 284 valence electrons. The van der Waals surface area contributed by atoms with Crippen LogP contribution >= 0.6 is 11.6 Å². The molecular weight excluding hydrogens is 724 g/mol. The molecule has 0 bridgehead atoms. The summed E-state index contributed by atoms with van der Waals surface area (Å²) in [6.45, 7) is 5.69. The Bertz CT molecular complexity index is 2250. The number of aryl methyl sites for hydroxylation is 1. The Labute approximate surface area is 322 Å². The number of nitrogens with zero attached hydrogens (tertiary/aromatic N) is 5. The van der Waals surface area contributed by atoms with Gasteiger partial charge in [-0.15, -0.1) is 0 Å². The first kappa shape index (κ1) is 36.4. The number of carbonyl (C=O) groups excluding carboxylic acids is 6. The topological polar surface area (TPSA) is 168 Å². The zero-order valence-corrected chi connectivity index (χ0v) is 31.2. The molecule has 3 N–H and O–H groups in total. The maximum Gasteiger partial charge on any atom is 0.262 e. The van der Waals surface area contributed by atoms with E-state index in [2.05, 4.69) is 37.3 Å². The van der Waals surface area contributed by atoms with Gasteiger partial charge in [-0.3, -0.25) is 43.9 Å². The van der Waals surface area contributed by atoms with Crippen molar-refractivity contribution in [3.05, 3.63) is 76.6 Å². The van der Waals surface area contributed by atoms with Gasteiger partial charge in [-0.25, -0.2) is 4.98 Å². The van der Waals surface area contributed by atoms with Crippen LogP contribution in [0.3, 0.4) is 0 Å². The van der Waals surface area contributed by atoms with E-state index in [-0.39, 0.29) is 48.2 Å². The van der Waals surface area contributed by atoms with E-state index in [0.717, 1.165) is 50.4 Å². The van der Waals surface area contributed by atoms with Crippen LogP contribution in [0.25, 0.3) is 22.2 Å². The fraction of sp³-hybridized carbons (Fsp3) is 0.375. The van der Waals surface area contributed by atoms with Crippen molar-refractivity contribution in [2.24, 2.45) is 5.92 Å². The van der Waals surface area contributed by atoms with E-state index in [1.807, 2.05) is 30.5 Å². The summed E-state index contributed by atoms with van der Waals surface area (Å²) in [5, 5.41) is 6.84. The Morgan fingerprint density at radius 3 is 2.49 bits per heavy atom. The van der Waals surface area contributed by atoms with E-state index in [1.165, 1.54) is 0 Å². The summed E-state index contributed by atoms with van der Waals surface area (Å²) in [6.07, 6.45) is 5.94. The third kappa shape index (κ3) is 6.84. The van der Waals surface area contributed by atoms with Crippen LogP contribution in [-0.2, 0) is 25.6 Å². The van der Waals surface area contributed by atoms with Crippen LogP contribution in [0.15, 0.2) is 54.9 Å². The van der Waals surface area contributed by atoms with Gasteiger partial charge in [0.1, 0.15) is 11.7 Å². The predicted molar refractivity (Wildman–Crippen MR) is 206 cm³/mol. The summed E-state index contributed by atoms with van der Waals surface area (Å²) in [6, 6.07) is 11.9. The standard InChI is InChI=1S/C40H41ClN8O6/c1-2-23-20-43-36-34(23)35(41)30(21-44-36)25-4-3-5-27(18-25)48-17-16-46(22-33(48)51)15-12-42-37(52)24-10-13-47(14-11-24)26-6-7-28-29(19-26)40(55)49(39(28)54)31-8-9-32(50)45-38(31)53/h3-7,18-21,24,31H,2,8-17,22H2,1H3,(H,42,52)(H,43,44)(H,45,50,53). The third-order valence-corrected chi connectivity index (χ3v) is 11.6. The van der Waals surface area contributed by atoms with Gasteiger partial charge in [-0.05, 0) is 67.1 Å². The molecule has 3 fully saturated rings.